The Kier molecular flexibility index (Phi) is 7.08. The summed E-state index contributed by atoms with van der Waals surface area (Å²) in [6, 6.07) is 3.69. The summed E-state index contributed by atoms with van der Waals surface area (Å²) in [6.45, 7) is 8.23. The number of rotatable bonds is 4. The molecule has 1 unspecified atom stereocenters. The first-order valence-corrected chi connectivity index (χ1v) is 7.23. The lowest BCUT2D eigenvalue weighted by atomic mass is 10.0. The van der Waals surface area contributed by atoms with E-state index < -0.39 is 0 Å². The molecule has 0 aliphatic carbocycles. The number of halogens is 1. The van der Waals surface area contributed by atoms with E-state index >= 15 is 0 Å². The summed E-state index contributed by atoms with van der Waals surface area (Å²) in [5.74, 6) is 0.279. The molecule has 0 saturated carbocycles. The minimum absolute atomic E-state index is 0. The minimum atomic E-state index is -0.373. The van der Waals surface area contributed by atoms with Crippen molar-refractivity contribution in [2.75, 3.05) is 26.2 Å². The number of amides is 1. The van der Waals surface area contributed by atoms with Crippen molar-refractivity contribution in [2.45, 2.75) is 26.4 Å². The van der Waals surface area contributed by atoms with Gasteiger partial charge in [-0.25, -0.2) is 0 Å². The number of hydrogen-bond donors (Lipinski definition) is 1. The average Bonchev–Trinajstić information content (AvgIpc) is 2.47. The molecule has 118 valence electrons. The molecule has 0 radical (unpaired) electrons. The van der Waals surface area contributed by atoms with Gasteiger partial charge in [-0.15, -0.1) is 12.4 Å². The number of nitrogens with zero attached hydrogens (tertiary/aromatic N) is 3. The van der Waals surface area contributed by atoms with Gasteiger partial charge in [0.15, 0.2) is 0 Å². The van der Waals surface area contributed by atoms with Crippen molar-refractivity contribution < 1.29 is 4.79 Å². The van der Waals surface area contributed by atoms with Crippen LogP contribution in [-0.2, 0) is 11.3 Å². The fourth-order valence-corrected chi connectivity index (χ4v) is 2.37. The lowest BCUT2D eigenvalue weighted by Crippen LogP contribution is -2.54. The van der Waals surface area contributed by atoms with E-state index in [-0.39, 0.29) is 30.3 Å². The van der Waals surface area contributed by atoms with E-state index in [1.165, 1.54) is 5.56 Å². The molecule has 1 atom stereocenters. The van der Waals surface area contributed by atoms with Crippen LogP contribution < -0.4 is 5.73 Å². The first kappa shape index (κ1) is 17.9. The molecular formula is C15H25ClN4O. The zero-order valence-electron chi connectivity index (χ0n) is 12.7. The van der Waals surface area contributed by atoms with Crippen LogP contribution >= 0.6 is 12.4 Å². The van der Waals surface area contributed by atoms with E-state index in [0.717, 1.165) is 32.7 Å². The van der Waals surface area contributed by atoms with Crippen LogP contribution in [0.5, 0.6) is 0 Å². The van der Waals surface area contributed by atoms with Crippen LogP contribution in [0.15, 0.2) is 24.5 Å². The third-order valence-corrected chi connectivity index (χ3v) is 3.84. The molecule has 1 aromatic rings. The summed E-state index contributed by atoms with van der Waals surface area (Å²) in [6.07, 6.45) is 3.63. The monoisotopic (exact) mass is 312 g/mol. The Morgan fingerprint density at radius 1 is 1.24 bits per heavy atom. The van der Waals surface area contributed by atoms with Gasteiger partial charge in [0.2, 0.25) is 5.91 Å². The molecular weight excluding hydrogens is 288 g/mol. The first-order chi connectivity index (χ1) is 9.58. The van der Waals surface area contributed by atoms with E-state index in [9.17, 15) is 4.79 Å². The average molecular weight is 313 g/mol. The van der Waals surface area contributed by atoms with E-state index in [2.05, 4.69) is 9.88 Å². The molecule has 2 rings (SSSR count). The largest absolute Gasteiger partial charge is 0.339 e. The highest BCUT2D eigenvalue weighted by Crippen LogP contribution is 2.10. The molecule has 0 spiro atoms. The van der Waals surface area contributed by atoms with Crippen LogP contribution in [0.2, 0.25) is 0 Å². The third-order valence-electron chi connectivity index (χ3n) is 3.84. The summed E-state index contributed by atoms with van der Waals surface area (Å²) in [5.41, 5.74) is 7.20. The fraction of sp³-hybridized carbons (Fsp3) is 0.600. The molecule has 0 aromatic carbocycles. The van der Waals surface area contributed by atoms with Crippen molar-refractivity contribution >= 4 is 18.3 Å². The highest BCUT2D eigenvalue weighted by Gasteiger charge is 2.26. The number of aromatic nitrogens is 1. The second kappa shape index (κ2) is 8.32. The molecule has 1 aliphatic heterocycles. The van der Waals surface area contributed by atoms with Gasteiger partial charge in [-0.2, -0.15) is 0 Å². The Bertz CT molecular complexity index is 433. The summed E-state index contributed by atoms with van der Waals surface area (Å²) in [5, 5.41) is 0. The maximum absolute atomic E-state index is 12.2. The molecule has 2 N–H and O–H groups in total. The maximum atomic E-state index is 12.2. The number of carbonyl (C=O) groups excluding carboxylic acids is 1. The topological polar surface area (TPSA) is 62.5 Å². The smallest absolute Gasteiger partial charge is 0.239 e. The first-order valence-electron chi connectivity index (χ1n) is 7.23. The molecule has 5 nitrogen and oxygen atoms in total. The van der Waals surface area contributed by atoms with Crippen LogP contribution in [0.3, 0.4) is 0 Å². The second-order valence-electron chi connectivity index (χ2n) is 5.73. The summed E-state index contributed by atoms with van der Waals surface area (Å²) >= 11 is 0. The number of piperazine rings is 1. The maximum Gasteiger partial charge on any atom is 0.239 e. The number of carbonyl (C=O) groups is 1. The molecule has 6 heteroatoms. The Labute approximate surface area is 132 Å². The van der Waals surface area contributed by atoms with E-state index in [1.807, 2.05) is 43.3 Å². The molecule has 1 amide bonds. The van der Waals surface area contributed by atoms with Gasteiger partial charge in [-0.05, 0) is 23.6 Å². The van der Waals surface area contributed by atoms with Crippen molar-refractivity contribution in [1.82, 2.24) is 14.8 Å². The van der Waals surface area contributed by atoms with Crippen LogP contribution in [-0.4, -0.2) is 52.9 Å². The second-order valence-corrected chi connectivity index (χ2v) is 5.73. The van der Waals surface area contributed by atoms with Crippen molar-refractivity contribution in [2.24, 2.45) is 11.7 Å². The fourth-order valence-electron chi connectivity index (χ4n) is 2.37. The SMILES string of the molecule is CC(C)C(N)C(=O)N1CCN(Cc2ccncc2)CC1.Cl. The van der Waals surface area contributed by atoms with Gasteiger partial charge in [-0.3, -0.25) is 14.7 Å². The highest BCUT2D eigenvalue weighted by molar-refractivity contribution is 5.85. The Balaban J connectivity index is 0.00000220. The van der Waals surface area contributed by atoms with Crippen LogP contribution in [0.1, 0.15) is 19.4 Å². The summed E-state index contributed by atoms with van der Waals surface area (Å²) in [7, 11) is 0. The zero-order valence-corrected chi connectivity index (χ0v) is 13.6. The minimum Gasteiger partial charge on any atom is -0.339 e. The third kappa shape index (κ3) is 4.95. The molecule has 1 aromatic heterocycles. The van der Waals surface area contributed by atoms with Gasteiger partial charge >= 0.3 is 0 Å². The lowest BCUT2D eigenvalue weighted by Gasteiger charge is -2.36. The van der Waals surface area contributed by atoms with Crippen molar-refractivity contribution in [3.63, 3.8) is 0 Å². The van der Waals surface area contributed by atoms with Gasteiger partial charge in [0.25, 0.3) is 0 Å². The van der Waals surface area contributed by atoms with E-state index in [4.69, 9.17) is 5.73 Å². The van der Waals surface area contributed by atoms with Crippen molar-refractivity contribution in [3.05, 3.63) is 30.1 Å². The van der Waals surface area contributed by atoms with Crippen LogP contribution in [0.4, 0.5) is 0 Å². The lowest BCUT2D eigenvalue weighted by molar-refractivity contribution is -0.135. The Morgan fingerprint density at radius 2 is 1.81 bits per heavy atom. The molecule has 1 fully saturated rings. The molecule has 1 saturated heterocycles. The van der Waals surface area contributed by atoms with E-state index in [0.29, 0.717) is 0 Å². The van der Waals surface area contributed by atoms with Gasteiger partial charge in [0, 0.05) is 45.1 Å². The van der Waals surface area contributed by atoms with E-state index in [1.54, 1.807) is 0 Å². The van der Waals surface area contributed by atoms with Gasteiger partial charge in [0.05, 0.1) is 6.04 Å². The molecule has 0 bridgehead atoms. The number of pyridine rings is 1. The van der Waals surface area contributed by atoms with Crippen LogP contribution in [0.25, 0.3) is 0 Å². The number of hydrogen-bond acceptors (Lipinski definition) is 4. The molecule has 2 heterocycles. The van der Waals surface area contributed by atoms with Gasteiger partial charge in [0.1, 0.15) is 0 Å². The standard InChI is InChI=1S/C15H24N4O.ClH/c1-12(2)14(16)15(20)19-9-7-18(8-10-19)11-13-3-5-17-6-4-13;/h3-6,12,14H,7-11,16H2,1-2H3;1H. The number of nitrogens with two attached hydrogens (primary N) is 1. The Hall–Kier alpha value is -1.17. The van der Waals surface area contributed by atoms with Crippen molar-refractivity contribution in [3.8, 4) is 0 Å². The predicted molar refractivity (Wildman–Crippen MR) is 86.2 cm³/mol. The summed E-state index contributed by atoms with van der Waals surface area (Å²) < 4.78 is 0. The van der Waals surface area contributed by atoms with Crippen molar-refractivity contribution in [1.29, 1.82) is 0 Å². The van der Waals surface area contributed by atoms with Gasteiger partial charge < -0.3 is 10.6 Å². The summed E-state index contributed by atoms with van der Waals surface area (Å²) in [4.78, 5) is 20.5. The van der Waals surface area contributed by atoms with Gasteiger partial charge in [-0.1, -0.05) is 13.8 Å². The normalized spacial score (nSPS) is 17.4. The molecule has 21 heavy (non-hydrogen) atoms. The predicted octanol–water partition coefficient (Wildman–Crippen LogP) is 1.13. The molecule has 1 aliphatic rings. The quantitative estimate of drug-likeness (QED) is 0.905. The van der Waals surface area contributed by atoms with Crippen LogP contribution in [0, 0.1) is 5.92 Å². The Morgan fingerprint density at radius 3 is 2.33 bits per heavy atom. The highest BCUT2D eigenvalue weighted by atomic mass is 35.5. The zero-order chi connectivity index (χ0) is 14.5.